The van der Waals surface area contributed by atoms with Crippen LogP contribution in [-0.2, 0) is 42.1 Å². The van der Waals surface area contributed by atoms with Gasteiger partial charge in [-0.05, 0) is 0 Å². The van der Waals surface area contributed by atoms with E-state index in [1.54, 1.807) is 97.1 Å². The molecule has 0 saturated carbocycles. The maximum Gasteiger partial charge on any atom is 0.268 e. The summed E-state index contributed by atoms with van der Waals surface area (Å²) in [6.07, 6.45) is 0. The normalized spacial score (nSPS) is 32.2. The highest BCUT2D eigenvalue weighted by molar-refractivity contribution is 6.17. The molecule has 4 bridgehead atoms. The largest absolute Gasteiger partial charge is 0.295 e. The van der Waals surface area contributed by atoms with E-state index >= 15 is 0 Å². The fraction of sp³-hybridized carbons (Fsp3) is 0.125. The standard InChI is InChI=1S/C32H16O8/c33-25-17-9-1-5-13-21(17)29-26(34)19-11-3-7-15-23(19)31(38-29)28(36)20-12-4-8-16-24(20)32(40-31)27(35)18-10-2-6-14-22(18)30(25,37-29)39-32/h1-16H. The van der Waals surface area contributed by atoms with Crippen molar-refractivity contribution in [2.45, 2.75) is 23.1 Å². The Morgan fingerprint density at radius 2 is 0.525 bits per heavy atom. The number of hydrogen-bond acceptors (Lipinski definition) is 8. The summed E-state index contributed by atoms with van der Waals surface area (Å²) in [4.78, 5) is 57.9. The van der Waals surface area contributed by atoms with Gasteiger partial charge in [-0.3, -0.25) is 38.1 Å². The average molecular weight is 528 g/mol. The van der Waals surface area contributed by atoms with E-state index in [1.807, 2.05) is 0 Å². The minimum Gasteiger partial charge on any atom is -0.295 e. The molecule has 1 fully saturated rings. The van der Waals surface area contributed by atoms with Crippen molar-refractivity contribution in [1.82, 2.24) is 0 Å². The third-order valence-corrected chi connectivity index (χ3v) is 8.45. The molecule has 4 aromatic rings. The third kappa shape index (κ3) is 2.16. The number of rotatable bonds is 0. The summed E-state index contributed by atoms with van der Waals surface area (Å²) < 4.78 is 26.4. The van der Waals surface area contributed by atoms with Gasteiger partial charge in [-0.15, -0.1) is 0 Å². The molecule has 5 heterocycles. The summed E-state index contributed by atoms with van der Waals surface area (Å²) in [6.45, 7) is 0. The highest BCUT2D eigenvalue weighted by Crippen LogP contribution is 2.64. The van der Waals surface area contributed by atoms with E-state index in [2.05, 4.69) is 0 Å². The van der Waals surface area contributed by atoms with Crippen molar-refractivity contribution in [2.75, 3.05) is 0 Å². The molecule has 9 rings (SSSR count). The summed E-state index contributed by atoms with van der Waals surface area (Å²) in [5.74, 6) is -11.8. The molecule has 8 nitrogen and oxygen atoms in total. The molecule has 0 unspecified atom stereocenters. The molecule has 4 spiro atoms. The fourth-order valence-electron chi connectivity index (χ4n) is 6.77. The molecule has 8 heteroatoms. The smallest absolute Gasteiger partial charge is 0.268 e. The second-order valence-electron chi connectivity index (χ2n) is 10.4. The van der Waals surface area contributed by atoms with Crippen molar-refractivity contribution < 1.29 is 38.1 Å². The summed E-state index contributed by atoms with van der Waals surface area (Å²) in [5, 5.41) is 0. The molecule has 5 aliphatic rings. The van der Waals surface area contributed by atoms with Crippen molar-refractivity contribution >= 4 is 23.1 Å². The number of ketones is 4. The van der Waals surface area contributed by atoms with Crippen LogP contribution in [0.2, 0.25) is 0 Å². The molecule has 0 amide bonds. The van der Waals surface area contributed by atoms with Gasteiger partial charge in [0.05, 0.1) is 0 Å². The molecule has 0 N–H and O–H groups in total. The van der Waals surface area contributed by atoms with Gasteiger partial charge in [-0.2, -0.15) is 0 Å². The van der Waals surface area contributed by atoms with Gasteiger partial charge in [0.1, 0.15) is 0 Å². The van der Waals surface area contributed by atoms with Crippen molar-refractivity contribution in [3.63, 3.8) is 0 Å². The van der Waals surface area contributed by atoms with Crippen LogP contribution < -0.4 is 0 Å². The number of fused-ring (bicyclic) bond motifs is 4. The summed E-state index contributed by atoms with van der Waals surface area (Å²) >= 11 is 0. The van der Waals surface area contributed by atoms with Gasteiger partial charge >= 0.3 is 0 Å². The lowest BCUT2D eigenvalue weighted by molar-refractivity contribution is -0.487. The van der Waals surface area contributed by atoms with E-state index in [4.69, 9.17) is 18.9 Å². The lowest BCUT2D eigenvalue weighted by Gasteiger charge is -2.60. The lowest BCUT2D eigenvalue weighted by atomic mass is 9.72. The highest BCUT2D eigenvalue weighted by atomic mass is 16.9. The first kappa shape index (κ1) is 22.2. The van der Waals surface area contributed by atoms with Crippen molar-refractivity contribution in [1.29, 1.82) is 0 Å². The van der Waals surface area contributed by atoms with Gasteiger partial charge in [-0.25, -0.2) is 0 Å². The first-order valence-corrected chi connectivity index (χ1v) is 12.8. The third-order valence-electron chi connectivity index (χ3n) is 8.45. The van der Waals surface area contributed by atoms with E-state index in [0.717, 1.165) is 0 Å². The molecule has 5 aliphatic heterocycles. The van der Waals surface area contributed by atoms with Crippen LogP contribution in [0, 0.1) is 0 Å². The van der Waals surface area contributed by atoms with Crippen LogP contribution in [0.5, 0.6) is 0 Å². The number of carbonyl (C=O) groups is 4. The SMILES string of the molecule is O=C1c2ccccc2C23OC14OC1(OC(O2)(C(=O)c2ccccc21)c1ccccc1C3=O)C(=O)c1ccccc14. The Labute approximate surface area is 226 Å². The lowest BCUT2D eigenvalue weighted by Crippen LogP contribution is -2.72. The summed E-state index contributed by atoms with van der Waals surface area (Å²) in [6, 6.07) is 25.6. The minimum absolute atomic E-state index is 0.108. The van der Waals surface area contributed by atoms with Crippen LogP contribution in [0.3, 0.4) is 0 Å². The van der Waals surface area contributed by atoms with Crippen LogP contribution in [0.4, 0.5) is 0 Å². The second-order valence-corrected chi connectivity index (χ2v) is 10.4. The number of carbonyl (C=O) groups excluding carboxylic acids is 4. The zero-order valence-corrected chi connectivity index (χ0v) is 20.5. The number of hydrogen-bond donors (Lipinski definition) is 0. The van der Waals surface area contributed by atoms with Crippen LogP contribution in [0.15, 0.2) is 97.1 Å². The molecule has 0 radical (unpaired) electrons. The van der Waals surface area contributed by atoms with E-state index in [-0.39, 0.29) is 44.5 Å². The van der Waals surface area contributed by atoms with Gasteiger partial charge in [0.2, 0.25) is 23.1 Å². The maximum atomic E-state index is 14.5. The zero-order chi connectivity index (χ0) is 27.1. The Morgan fingerprint density at radius 1 is 0.325 bits per heavy atom. The topological polar surface area (TPSA) is 105 Å². The Kier molecular flexibility index (Phi) is 3.75. The van der Waals surface area contributed by atoms with Gasteiger partial charge in [0.15, 0.2) is 0 Å². The van der Waals surface area contributed by atoms with Crippen molar-refractivity contribution in [2.24, 2.45) is 0 Å². The molecular weight excluding hydrogens is 512 g/mol. The Morgan fingerprint density at radius 3 is 0.750 bits per heavy atom. The second kappa shape index (κ2) is 6.75. The summed E-state index contributed by atoms with van der Waals surface area (Å²) in [7, 11) is 0. The van der Waals surface area contributed by atoms with Gasteiger partial charge in [-0.1, -0.05) is 97.1 Å². The first-order valence-electron chi connectivity index (χ1n) is 12.8. The van der Waals surface area contributed by atoms with Crippen LogP contribution in [-0.4, -0.2) is 23.1 Å². The molecular formula is C32H16O8. The molecule has 4 aromatic carbocycles. The van der Waals surface area contributed by atoms with Crippen LogP contribution >= 0.6 is 0 Å². The Bertz CT molecular complexity index is 1630. The van der Waals surface area contributed by atoms with E-state index in [0.29, 0.717) is 0 Å². The number of ether oxygens (including phenoxy) is 4. The van der Waals surface area contributed by atoms with E-state index < -0.39 is 46.3 Å². The monoisotopic (exact) mass is 528 g/mol. The zero-order valence-electron chi connectivity index (χ0n) is 20.5. The summed E-state index contributed by atoms with van der Waals surface area (Å²) in [5.41, 5.74) is 0.896. The average Bonchev–Trinajstić information content (AvgIpc) is 2.99. The first-order chi connectivity index (χ1) is 19.4. The molecule has 40 heavy (non-hydrogen) atoms. The van der Waals surface area contributed by atoms with Gasteiger partial charge in [0.25, 0.3) is 23.1 Å². The van der Waals surface area contributed by atoms with Gasteiger partial charge < -0.3 is 0 Å². The predicted octanol–water partition coefficient (Wildman–Crippen LogP) is 4.26. The van der Waals surface area contributed by atoms with Crippen LogP contribution in [0.25, 0.3) is 0 Å². The fourth-order valence-corrected chi connectivity index (χ4v) is 6.77. The van der Waals surface area contributed by atoms with Crippen molar-refractivity contribution in [3.05, 3.63) is 142 Å². The molecule has 0 aromatic heterocycles. The quantitative estimate of drug-likeness (QED) is 0.333. The van der Waals surface area contributed by atoms with Gasteiger partial charge in [0, 0.05) is 44.5 Å². The van der Waals surface area contributed by atoms with E-state index in [1.165, 1.54) is 0 Å². The predicted molar refractivity (Wildman–Crippen MR) is 134 cm³/mol. The van der Waals surface area contributed by atoms with E-state index in [9.17, 15) is 19.2 Å². The highest BCUT2D eigenvalue weighted by Gasteiger charge is 2.77. The number of Topliss-reactive ketones (excluding diaryl/α,β-unsaturated/α-hetero) is 4. The maximum absolute atomic E-state index is 14.5. The molecule has 0 atom stereocenters. The molecule has 192 valence electrons. The molecule has 0 aliphatic carbocycles. The Balaban J connectivity index is 1.53. The molecule has 1 saturated heterocycles. The number of benzene rings is 4. The minimum atomic E-state index is -2.32. The van der Waals surface area contributed by atoms with Crippen LogP contribution in [0.1, 0.15) is 63.7 Å². The Hall–Kier alpha value is -4.60. The van der Waals surface area contributed by atoms with Crippen molar-refractivity contribution in [3.8, 4) is 0 Å².